The molecule has 0 radical (unpaired) electrons. The first-order valence-electron chi connectivity index (χ1n) is 19.9. The summed E-state index contributed by atoms with van der Waals surface area (Å²) in [6.07, 6.45) is 0. The van der Waals surface area contributed by atoms with Gasteiger partial charge >= 0.3 is 0 Å². The third-order valence-electron chi connectivity index (χ3n) is 10.9. The van der Waals surface area contributed by atoms with Crippen LogP contribution in [-0.4, -0.2) is 0 Å². The molecule has 0 aliphatic carbocycles. The topological polar surface area (TPSA) is 6.48 Å². The summed E-state index contributed by atoms with van der Waals surface area (Å²) in [5.41, 5.74) is 18.6. The lowest BCUT2D eigenvalue weighted by Crippen LogP contribution is -2.15. The molecule has 0 atom stereocenters. The monoisotopic (exact) mass is 744 g/mol. The summed E-state index contributed by atoms with van der Waals surface area (Å²) in [7, 11) is 0. The first-order valence-corrected chi connectivity index (χ1v) is 19.9. The van der Waals surface area contributed by atoms with E-state index >= 15 is 0 Å². The molecule has 278 valence electrons. The van der Waals surface area contributed by atoms with Crippen LogP contribution in [0, 0.1) is 13.8 Å². The van der Waals surface area contributed by atoms with E-state index in [9.17, 15) is 0 Å². The van der Waals surface area contributed by atoms with Crippen LogP contribution in [0.3, 0.4) is 0 Å². The quantitative estimate of drug-likeness (QED) is 0.138. The molecule has 0 heterocycles. The number of aryl methyl sites for hydroxylation is 2. The number of hydrogen-bond donors (Lipinski definition) is 0. The van der Waals surface area contributed by atoms with Crippen molar-refractivity contribution in [3.05, 3.63) is 242 Å². The van der Waals surface area contributed by atoms with Gasteiger partial charge in [0, 0.05) is 22.7 Å². The molecule has 0 bridgehead atoms. The Balaban J connectivity index is 1.18. The Morgan fingerprint density at radius 2 is 0.431 bits per heavy atom. The third kappa shape index (κ3) is 7.56. The Labute approximate surface area is 342 Å². The van der Waals surface area contributed by atoms with Crippen molar-refractivity contribution in [2.24, 2.45) is 0 Å². The van der Waals surface area contributed by atoms with Crippen LogP contribution in [0.2, 0.25) is 0 Å². The molecule has 2 heteroatoms. The van der Waals surface area contributed by atoms with E-state index in [1.54, 1.807) is 0 Å². The van der Waals surface area contributed by atoms with Crippen LogP contribution in [0.1, 0.15) is 11.1 Å². The predicted octanol–water partition coefficient (Wildman–Crippen LogP) is 15.9. The van der Waals surface area contributed by atoms with E-state index in [1.807, 2.05) is 0 Å². The molecule has 0 spiro atoms. The molecular weight excluding hydrogens is 701 g/mol. The van der Waals surface area contributed by atoms with Gasteiger partial charge in [0.05, 0.1) is 11.4 Å². The van der Waals surface area contributed by atoms with E-state index in [-0.39, 0.29) is 0 Å². The molecule has 0 N–H and O–H groups in total. The van der Waals surface area contributed by atoms with Crippen LogP contribution in [0.15, 0.2) is 231 Å². The number of nitrogens with zero attached hydrogens (tertiary/aromatic N) is 2. The van der Waals surface area contributed by atoms with Gasteiger partial charge in [-0.15, -0.1) is 0 Å². The fraction of sp³-hybridized carbons (Fsp3) is 0.0357. The van der Waals surface area contributed by atoms with Crippen LogP contribution < -0.4 is 9.80 Å². The molecule has 0 unspecified atom stereocenters. The minimum atomic E-state index is 1.09. The van der Waals surface area contributed by atoms with Crippen molar-refractivity contribution in [1.82, 2.24) is 0 Å². The zero-order valence-corrected chi connectivity index (χ0v) is 32.8. The van der Waals surface area contributed by atoms with Crippen LogP contribution >= 0.6 is 0 Å². The van der Waals surface area contributed by atoms with E-state index in [1.165, 1.54) is 55.6 Å². The maximum absolute atomic E-state index is 2.40. The largest absolute Gasteiger partial charge is 0.310 e. The summed E-state index contributed by atoms with van der Waals surface area (Å²) in [4.78, 5) is 4.80. The second kappa shape index (κ2) is 16.4. The molecule has 0 saturated heterocycles. The van der Waals surface area contributed by atoms with E-state index in [0.29, 0.717) is 0 Å². The number of anilines is 6. The van der Waals surface area contributed by atoms with E-state index in [2.05, 4.69) is 254 Å². The fourth-order valence-corrected chi connectivity index (χ4v) is 7.90. The van der Waals surface area contributed by atoms with E-state index in [0.717, 1.165) is 34.1 Å². The summed E-state index contributed by atoms with van der Waals surface area (Å²) in [6.45, 7) is 4.45. The summed E-state index contributed by atoms with van der Waals surface area (Å²) in [5.74, 6) is 0. The lowest BCUT2D eigenvalue weighted by molar-refractivity contribution is 1.20. The molecule has 0 fully saturated rings. The molecule has 9 aromatic rings. The van der Waals surface area contributed by atoms with Gasteiger partial charge in [-0.25, -0.2) is 0 Å². The summed E-state index contributed by atoms with van der Waals surface area (Å²) < 4.78 is 0. The molecule has 0 aliphatic heterocycles. The predicted molar refractivity (Wildman–Crippen MR) is 247 cm³/mol. The highest BCUT2D eigenvalue weighted by atomic mass is 15.2. The van der Waals surface area contributed by atoms with Gasteiger partial charge in [-0.05, 0) is 124 Å². The van der Waals surface area contributed by atoms with Crippen LogP contribution in [0.5, 0.6) is 0 Å². The minimum absolute atomic E-state index is 1.09. The lowest BCUT2D eigenvalue weighted by atomic mass is 10.0. The maximum atomic E-state index is 2.40. The molecule has 9 aromatic carbocycles. The summed E-state index contributed by atoms with van der Waals surface area (Å²) in [6, 6.07) is 82.9. The van der Waals surface area contributed by atoms with E-state index < -0.39 is 0 Å². The van der Waals surface area contributed by atoms with Crippen molar-refractivity contribution in [3.8, 4) is 44.5 Å². The van der Waals surface area contributed by atoms with Crippen molar-refractivity contribution in [2.75, 3.05) is 9.80 Å². The molecule has 58 heavy (non-hydrogen) atoms. The first kappa shape index (κ1) is 36.2. The van der Waals surface area contributed by atoms with Gasteiger partial charge in [-0.2, -0.15) is 0 Å². The molecule has 0 saturated carbocycles. The van der Waals surface area contributed by atoms with Gasteiger partial charge in [0.1, 0.15) is 0 Å². The van der Waals surface area contributed by atoms with Crippen molar-refractivity contribution >= 4 is 34.1 Å². The van der Waals surface area contributed by atoms with Gasteiger partial charge in [0.25, 0.3) is 0 Å². The standard InChI is InChI=1S/C56H44N2/c1-41-39-42(2)56(58(53-35-27-49(28-36-53)45-19-11-5-12-20-45)54-37-29-50(30-38-54)46-21-13-6-14-22-46)40-55(41)57(51-31-23-47(24-32-51)43-15-7-3-8-16-43)52-33-25-48(26-34-52)44-17-9-4-10-18-44/h3-40H,1-2H3. The number of benzene rings is 9. The number of hydrogen-bond acceptors (Lipinski definition) is 2. The average molecular weight is 745 g/mol. The van der Waals surface area contributed by atoms with Gasteiger partial charge in [-0.1, -0.05) is 176 Å². The van der Waals surface area contributed by atoms with Crippen molar-refractivity contribution in [2.45, 2.75) is 13.8 Å². The van der Waals surface area contributed by atoms with Crippen LogP contribution in [0.4, 0.5) is 34.1 Å². The zero-order valence-electron chi connectivity index (χ0n) is 32.8. The Hall–Kier alpha value is -7.42. The van der Waals surface area contributed by atoms with Crippen LogP contribution in [-0.2, 0) is 0 Å². The molecule has 0 amide bonds. The number of rotatable bonds is 10. The lowest BCUT2D eigenvalue weighted by Gasteiger charge is -2.32. The highest BCUT2D eigenvalue weighted by Crippen LogP contribution is 2.45. The maximum Gasteiger partial charge on any atom is 0.0511 e. The first-order chi connectivity index (χ1) is 28.6. The average Bonchev–Trinajstić information content (AvgIpc) is 3.30. The second-order valence-corrected chi connectivity index (χ2v) is 14.7. The van der Waals surface area contributed by atoms with Gasteiger partial charge < -0.3 is 9.80 Å². The molecular formula is C56H44N2. The smallest absolute Gasteiger partial charge is 0.0511 e. The normalized spacial score (nSPS) is 10.9. The molecule has 9 rings (SSSR count). The van der Waals surface area contributed by atoms with E-state index in [4.69, 9.17) is 0 Å². The van der Waals surface area contributed by atoms with Gasteiger partial charge in [0.15, 0.2) is 0 Å². The fourth-order valence-electron chi connectivity index (χ4n) is 7.90. The van der Waals surface area contributed by atoms with Crippen molar-refractivity contribution in [1.29, 1.82) is 0 Å². The van der Waals surface area contributed by atoms with Crippen molar-refractivity contribution < 1.29 is 0 Å². The Bertz CT molecular complexity index is 2370. The Morgan fingerprint density at radius 3 is 0.655 bits per heavy atom. The van der Waals surface area contributed by atoms with Gasteiger partial charge in [-0.3, -0.25) is 0 Å². The van der Waals surface area contributed by atoms with Gasteiger partial charge in [0.2, 0.25) is 0 Å². The molecule has 0 aromatic heterocycles. The summed E-state index contributed by atoms with van der Waals surface area (Å²) in [5, 5.41) is 0. The third-order valence-corrected chi connectivity index (χ3v) is 10.9. The Kier molecular flexibility index (Phi) is 10.2. The molecule has 2 nitrogen and oxygen atoms in total. The highest BCUT2D eigenvalue weighted by Gasteiger charge is 2.22. The molecule has 0 aliphatic rings. The Morgan fingerprint density at radius 1 is 0.224 bits per heavy atom. The SMILES string of the molecule is Cc1cc(C)c(N(c2ccc(-c3ccccc3)cc2)c2ccc(-c3ccccc3)cc2)cc1N(c1ccc(-c2ccccc2)cc1)c1ccc(-c2ccccc2)cc1. The van der Waals surface area contributed by atoms with Crippen molar-refractivity contribution in [3.63, 3.8) is 0 Å². The highest BCUT2D eigenvalue weighted by molar-refractivity contribution is 5.88. The minimum Gasteiger partial charge on any atom is -0.310 e. The van der Waals surface area contributed by atoms with Crippen LogP contribution in [0.25, 0.3) is 44.5 Å². The zero-order chi connectivity index (χ0) is 39.3. The summed E-state index contributed by atoms with van der Waals surface area (Å²) >= 11 is 0. The second-order valence-electron chi connectivity index (χ2n) is 14.7.